The van der Waals surface area contributed by atoms with Gasteiger partial charge < -0.3 is 5.73 Å². The Morgan fingerprint density at radius 1 is 0.895 bits per heavy atom. The topological polar surface area (TPSA) is 26.0 Å². The van der Waals surface area contributed by atoms with Crippen LogP contribution in [0, 0.1) is 17.8 Å². The molecule has 0 aromatic heterocycles. The number of nitrogens with two attached hydrogens (primary N) is 1. The molecule has 19 heavy (non-hydrogen) atoms. The minimum Gasteiger partial charge on any atom is -0.324 e. The van der Waals surface area contributed by atoms with Crippen molar-refractivity contribution in [1.29, 1.82) is 0 Å². The highest BCUT2D eigenvalue weighted by Crippen LogP contribution is 2.21. The first kappa shape index (κ1) is 18.7. The molecule has 0 bridgehead atoms. The third-order valence-corrected chi connectivity index (χ3v) is 4.46. The molecule has 4 atom stereocenters. The lowest BCUT2D eigenvalue weighted by Crippen LogP contribution is -2.19. The van der Waals surface area contributed by atoms with Crippen LogP contribution in [0.1, 0.15) is 79.1 Å². The molecular weight excluding hydrogens is 230 g/mol. The van der Waals surface area contributed by atoms with Gasteiger partial charge in [-0.1, -0.05) is 78.7 Å². The van der Waals surface area contributed by atoms with E-state index in [1.165, 1.54) is 44.9 Å². The van der Waals surface area contributed by atoms with Crippen molar-refractivity contribution in [2.24, 2.45) is 23.5 Å². The minimum atomic E-state index is 0.183. The predicted octanol–water partition coefficient (Wildman–Crippen LogP) is 5.55. The molecule has 0 heterocycles. The van der Waals surface area contributed by atoms with Crippen LogP contribution in [-0.4, -0.2) is 6.04 Å². The minimum absolute atomic E-state index is 0.183. The first-order valence-corrected chi connectivity index (χ1v) is 8.37. The van der Waals surface area contributed by atoms with Gasteiger partial charge in [0, 0.05) is 6.04 Å². The quantitative estimate of drug-likeness (QED) is 0.461. The van der Waals surface area contributed by atoms with Gasteiger partial charge in [0.2, 0.25) is 0 Å². The zero-order chi connectivity index (χ0) is 14.7. The molecule has 0 fully saturated rings. The zero-order valence-electron chi connectivity index (χ0n) is 13.8. The van der Waals surface area contributed by atoms with Crippen molar-refractivity contribution in [2.75, 3.05) is 0 Å². The van der Waals surface area contributed by atoms with Crippen LogP contribution < -0.4 is 5.73 Å². The monoisotopic (exact) mass is 267 g/mol. The van der Waals surface area contributed by atoms with Crippen LogP contribution in [0.25, 0.3) is 0 Å². The summed E-state index contributed by atoms with van der Waals surface area (Å²) >= 11 is 0. The molecule has 0 saturated carbocycles. The maximum Gasteiger partial charge on any atom is 0.0223 e. The highest BCUT2D eigenvalue weighted by atomic mass is 14.6. The molecule has 0 rings (SSSR count). The van der Waals surface area contributed by atoms with Crippen LogP contribution in [0.15, 0.2) is 12.7 Å². The van der Waals surface area contributed by atoms with Crippen LogP contribution in [0.3, 0.4) is 0 Å². The molecule has 0 amide bonds. The Bertz CT molecular complexity index is 212. The molecule has 114 valence electrons. The Hall–Kier alpha value is -0.300. The summed E-state index contributed by atoms with van der Waals surface area (Å²) in [5.41, 5.74) is 5.89. The summed E-state index contributed by atoms with van der Waals surface area (Å²) in [5, 5.41) is 0. The van der Waals surface area contributed by atoms with Gasteiger partial charge in [-0.3, -0.25) is 0 Å². The van der Waals surface area contributed by atoms with Crippen molar-refractivity contribution in [3.8, 4) is 0 Å². The molecular formula is C18H37N. The number of hydrogen-bond donors (Lipinski definition) is 1. The molecule has 0 spiro atoms. The van der Waals surface area contributed by atoms with Crippen molar-refractivity contribution < 1.29 is 0 Å². The van der Waals surface area contributed by atoms with Crippen molar-refractivity contribution >= 4 is 0 Å². The number of hydrogen-bond acceptors (Lipinski definition) is 1. The summed E-state index contributed by atoms with van der Waals surface area (Å²) < 4.78 is 0. The van der Waals surface area contributed by atoms with E-state index < -0.39 is 0 Å². The Kier molecular flexibility index (Phi) is 11.3. The Morgan fingerprint density at radius 3 is 1.84 bits per heavy atom. The lowest BCUT2D eigenvalue weighted by Gasteiger charge is -2.16. The molecule has 0 aromatic rings. The highest BCUT2D eigenvalue weighted by Gasteiger charge is 2.08. The SMILES string of the molecule is C=CC(N)CC(C)CCCC(C)CCCC(C)CC. The van der Waals surface area contributed by atoms with Crippen molar-refractivity contribution in [3.05, 3.63) is 12.7 Å². The second-order valence-corrected chi connectivity index (χ2v) is 6.72. The van der Waals surface area contributed by atoms with Crippen molar-refractivity contribution in [3.63, 3.8) is 0 Å². The van der Waals surface area contributed by atoms with E-state index in [0.29, 0.717) is 0 Å². The normalized spacial score (nSPS) is 17.7. The maximum absolute atomic E-state index is 5.89. The summed E-state index contributed by atoms with van der Waals surface area (Å²) in [7, 11) is 0. The molecule has 0 aliphatic rings. The smallest absolute Gasteiger partial charge is 0.0223 e. The standard InChI is InChI=1S/C18H37N/c1-6-15(3)10-8-11-16(4)12-9-13-17(5)14-18(19)7-2/h7,15-18H,2,6,8-14,19H2,1,3-5H3. The molecule has 0 saturated heterocycles. The third kappa shape index (κ3) is 11.2. The van der Waals surface area contributed by atoms with Gasteiger partial charge in [-0.05, 0) is 24.2 Å². The second kappa shape index (κ2) is 11.5. The molecule has 0 aliphatic heterocycles. The van der Waals surface area contributed by atoms with Gasteiger partial charge in [0.15, 0.2) is 0 Å². The fourth-order valence-electron chi connectivity index (χ4n) is 2.66. The lowest BCUT2D eigenvalue weighted by atomic mass is 9.91. The predicted molar refractivity (Wildman–Crippen MR) is 88.3 cm³/mol. The average Bonchev–Trinajstić information content (AvgIpc) is 2.38. The van der Waals surface area contributed by atoms with Gasteiger partial charge in [-0.15, -0.1) is 6.58 Å². The third-order valence-electron chi connectivity index (χ3n) is 4.46. The van der Waals surface area contributed by atoms with Crippen LogP contribution in [0.5, 0.6) is 0 Å². The first-order chi connectivity index (χ1) is 8.99. The van der Waals surface area contributed by atoms with E-state index in [1.807, 2.05) is 6.08 Å². The summed E-state index contributed by atoms with van der Waals surface area (Å²) in [5.74, 6) is 2.54. The molecule has 0 aliphatic carbocycles. The van der Waals surface area contributed by atoms with Gasteiger partial charge in [-0.25, -0.2) is 0 Å². The van der Waals surface area contributed by atoms with Crippen molar-refractivity contribution in [1.82, 2.24) is 0 Å². The maximum atomic E-state index is 5.89. The van der Waals surface area contributed by atoms with Crippen LogP contribution in [-0.2, 0) is 0 Å². The summed E-state index contributed by atoms with van der Waals surface area (Å²) in [6.07, 6.45) is 12.6. The van der Waals surface area contributed by atoms with E-state index in [4.69, 9.17) is 5.73 Å². The van der Waals surface area contributed by atoms with Gasteiger partial charge in [0.1, 0.15) is 0 Å². The Morgan fingerprint density at radius 2 is 1.37 bits per heavy atom. The molecule has 1 heteroatoms. The molecule has 2 N–H and O–H groups in total. The van der Waals surface area contributed by atoms with Crippen LogP contribution in [0.2, 0.25) is 0 Å². The number of rotatable bonds is 12. The summed E-state index contributed by atoms with van der Waals surface area (Å²) in [6.45, 7) is 13.1. The van der Waals surface area contributed by atoms with E-state index in [-0.39, 0.29) is 6.04 Å². The van der Waals surface area contributed by atoms with E-state index in [1.54, 1.807) is 0 Å². The molecule has 1 nitrogen and oxygen atoms in total. The average molecular weight is 268 g/mol. The van der Waals surface area contributed by atoms with Crippen molar-refractivity contribution in [2.45, 2.75) is 85.1 Å². The summed E-state index contributed by atoms with van der Waals surface area (Å²) in [6, 6.07) is 0.183. The first-order valence-electron chi connectivity index (χ1n) is 8.37. The van der Waals surface area contributed by atoms with Crippen LogP contribution >= 0.6 is 0 Å². The van der Waals surface area contributed by atoms with Crippen LogP contribution in [0.4, 0.5) is 0 Å². The fraction of sp³-hybridized carbons (Fsp3) is 0.889. The fourth-order valence-corrected chi connectivity index (χ4v) is 2.66. The van der Waals surface area contributed by atoms with E-state index in [0.717, 1.165) is 24.2 Å². The van der Waals surface area contributed by atoms with Gasteiger partial charge in [-0.2, -0.15) is 0 Å². The Labute approximate surface area is 122 Å². The molecule has 4 unspecified atom stereocenters. The second-order valence-electron chi connectivity index (χ2n) is 6.72. The zero-order valence-corrected chi connectivity index (χ0v) is 13.8. The van der Waals surface area contributed by atoms with E-state index in [9.17, 15) is 0 Å². The lowest BCUT2D eigenvalue weighted by molar-refractivity contribution is 0.381. The molecule has 0 aromatic carbocycles. The van der Waals surface area contributed by atoms with E-state index >= 15 is 0 Å². The van der Waals surface area contributed by atoms with Gasteiger partial charge in [0.05, 0.1) is 0 Å². The Balaban J connectivity index is 3.51. The van der Waals surface area contributed by atoms with Gasteiger partial charge in [0.25, 0.3) is 0 Å². The van der Waals surface area contributed by atoms with Gasteiger partial charge >= 0.3 is 0 Å². The highest BCUT2D eigenvalue weighted by molar-refractivity contribution is 4.83. The van der Waals surface area contributed by atoms with E-state index in [2.05, 4.69) is 34.3 Å². The largest absolute Gasteiger partial charge is 0.324 e. The molecule has 0 radical (unpaired) electrons. The summed E-state index contributed by atoms with van der Waals surface area (Å²) in [4.78, 5) is 0.